The topological polar surface area (TPSA) is 89.1 Å². The maximum Gasteiger partial charge on any atom is 0.416 e. The largest absolute Gasteiger partial charge is 0.454 e. The minimum absolute atomic E-state index is 0.0819. The van der Waals surface area contributed by atoms with Crippen LogP contribution in [0.4, 0.5) is 18.9 Å². The summed E-state index contributed by atoms with van der Waals surface area (Å²) >= 11 is 0. The van der Waals surface area contributed by atoms with Crippen molar-refractivity contribution in [1.29, 1.82) is 0 Å². The van der Waals surface area contributed by atoms with Gasteiger partial charge < -0.3 is 19.8 Å². The lowest BCUT2D eigenvalue weighted by Gasteiger charge is -2.12. The number of aromatic nitrogens is 3. The van der Waals surface area contributed by atoms with Crippen LogP contribution in [0.2, 0.25) is 0 Å². The third-order valence-corrected chi connectivity index (χ3v) is 6.51. The molecule has 0 unspecified atom stereocenters. The number of aryl methyl sites for hydroxylation is 1. The number of carbonyl (C=O) groups excluding carboxylic acids is 1. The number of hydrogen-bond acceptors (Lipinski definition) is 5. The molecule has 39 heavy (non-hydrogen) atoms. The molecule has 0 saturated carbocycles. The number of rotatable bonds is 5. The summed E-state index contributed by atoms with van der Waals surface area (Å²) in [6.07, 6.45) is -2.36. The molecule has 0 radical (unpaired) electrons. The van der Waals surface area contributed by atoms with Crippen LogP contribution in [0.15, 0.2) is 72.9 Å². The molecule has 0 saturated heterocycles. The van der Waals surface area contributed by atoms with Crippen molar-refractivity contribution in [2.45, 2.75) is 19.5 Å². The van der Waals surface area contributed by atoms with Gasteiger partial charge in [-0.2, -0.15) is 13.2 Å². The van der Waals surface area contributed by atoms with Gasteiger partial charge in [-0.15, -0.1) is 0 Å². The summed E-state index contributed by atoms with van der Waals surface area (Å²) in [5.41, 5.74) is 4.40. The van der Waals surface area contributed by atoms with Crippen molar-refractivity contribution < 1.29 is 27.4 Å². The monoisotopic (exact) mass is 530 g/mol. The van der Waals surface area contributed by atoms with Gasteiger partial charge in [0.2, 0.25) is 6.79 Å². The fraction of sp³-hybridized carbons (Fsp3) is 0.138. The lowest BCUT2D eigenvalue weighted by atomic mass is 10.0. The molecule has 0 spiro atoms. The highest BCUT2D eigenvalue weighted by Crippen LogP contribution is 2.37. The van der Waals surface area contributed by atoms with Gasteiger partial charge in [-0.3, -0.25) is 4.79 Å². The van der Waals surface area contributed by atoms with Crippen LogP contribution in [0.3, 0.4) is 0 Å². The van der Waals surface area contributed by atoms with E-state index in [0.717, 1.165) is 39.9 Å². The van der Waals surface area contributed by atoms with Crippen molar-refractivity contribution in [3.8, 4) is 22.8 Å². The van der Waals surface area contributed by atoms with Gasteiger partial charge in [0.1, 0.15) is 5.82 Å². The second-order valence-electron chi connectivity index (χ2n) is 9.15. The molecule has 1 aliphatic rings. The van der Waals surface area contributed by atoms with Gasteiger partial charge >= 0.3 is 6.18 Å². The number of nitrogens with zero attached hydrogens (tertiary/aromatic N) is 2. The molecule has 0 atom stereocenters. The minimum atomic E-state index is -4.53. The number of hydrogen-bond donors (Lipinski definition) is 2. The molecule has 7 nitrogen and oxygen atoms in total. The van der Waals surface area contributed by atoms with Gasteiger partial charge in [0.25, 0.3) is 5.91 Å². The van der Waals surface area contributed by atoms with E-state index in [1.165, 1.54) is 12.1 Å². The Bertz CT molecular complexity index is 1730. The molecule has 10 heteroatoms. The highest BCUT2D eigenvalue weighted by Gasteiger charge is 2.31. The van der Waals surface area contributed by atoms with Crippen LogP contribution in [0.5, 0.6) is 11.5 Å². The molecule has 2 N–H and O–H groups in total. The van der Waals surface area contributed by atoms with Crippen LogP contribution in [0.1, 0.15) is 32.9 Å². The van der Waals surface area contributed by atoms with Gasteiger partial charge in [0.05, 0.1) is 22.3 Å². The Kier molecular flexibility index (Phi) is 5.94. The van der Waals surface area contributed by atoms with Crippen molar-refractivity contribution in [3.63, 3.8) is 0 Å². The van der Waals surface area contributed by atoms with Gasteiger partial charge in [-0.05, 0) is 72.6 Å². The fourth-order valence-electron chi connectivity index (χ4n) is 4.47. The molecule has 6 rings (SSSR count). The Morgan fingerprint density at radius 2 is 1.85 bits per heavy atom. The number of fused-ring (bicyclic) bond motifs is 2. The number of halogens is 3. The van der Waals surface area contributed by atoms with E-state index in [0.29, 0.717) is 35.1 Å². The van der Waals surface area contributed by atoms with E-state index in [4.69, 9.17) is 19.4 Å². The van der Waals surface area contributed by atoms with Gasteiger partial charge in [-0.1, -0.05) is 12.1 Å². The molecule has 1 aliphatic heterocycles. The molecule has 0 bridgehead atoms. The molecule has 5 aromatic rings. The van der Waals surface area contributed by atoms with Crippen LogP contribution >= 0.6 is 0 Å². The second-order valence-corrected chi connectivity index (χ2v) is 9.15. The number of ether oxygens (including phenoxy) is 2. The summed E-state index contributed by atoms with van der Waals surface area (Å²) < 4.78 is 50.2. The molecule has 0 aliphatic carbocycles. The minimum Gasteiger partial charge on any atom is -0.454 e. The third kappa shape index (κ3) is 4.88. The normalized spacial score (nSPS) is 12.6. The average Bonchev–Trinajstić information content (AvgIpc) is 3.59. The highest BCUT2D eigenvalue weighted by atomic mass is 19.4. The van der Waals surface area contributed by atoms with Crippen molar-refractivity contribution in [1.82, 2.24) is 15.0 Å². The summed E-state index contributed by atoms with van der Waals surface area (Å²) in [7, 11) is 0. The first kappa shape index (κ1) is 24.5. The zero-order valence-electron chi connectivity index (χ0n) is 20.6. The lowest BCUT2D eigenvalue weighted by molar-refractivity contribution is -0.137. The van der Waals surface area contributed by atoms with Gasteiger partial charge in [0, 0.05) is 29.4 Å². The number of H-pyrrole nitrogens is 1. The quantitative estimate of drug-likeness (QED) is 0.270. The Hall–Kier alpha value is -4.86. The van der Waals surface area contributed by atoms with Crippen molar-refractivity contribution in [2.24, 2.45) is 0 Å². The zero-order valence-corrected chi connectivity index (χ0v) is 20.6. The molecular weight excluding hydrogens is 509 g/mol. The van der Waals surface area contributed by atoms with Gasteiger partial charge in [-0.25, -0.2) is 9.97 Å². The first-order valence-corrected chi connectivity index (χ1v) is 12.1. The van der Waals surface area contributed by atoms with E-state index in [9.17, 15) is 18.0 Å². The molecular formula is C29H21F3N4O3. The van der Waals surface area contributed by atoms with Crippen LogP contribution in [0, 0.1) is 6.92 Å². The number of aromatic amines is 1. The second kappa shape index (κ2) is 9.46. The predicted molar refractivity (Wildman–Crippen MR) is 139 cm³/mol. The fourth-order valence-corrected chi connectivity index (χ4v) is 4.47. The Morgan fingerprint density at radius 1 is 1.00 bits per heavy atom. The Labute approximate surface area is 220 Å². The summed E-state index contributed by atoms with van der Waals surface area (Å²) in [6.45, 7) is 2.10. The van der Waals surface area contributed by atoms with Crippen LogP contribution < -0.4 is 14.8 Å². The summed E-state index contributed by atoms with van der Waals surface area (Å²) in [6, 6.07) is 17.2. The predicted octanol–water partition coefficient (Wildman–Crippen LogP) is 6.52. The van der Waals surface area contributed by atoms with Crippen LogP contribution in [-0.2, 0) is 12.6 Å². The highest BCUT2D eigenvalue weighted by molar-refractivity contribution is 6.04. The summed E-state index contributed by atoms with van der Waals surface area (Å²) in [4.78, 5) is 25.5. The van der Waals surface area contributed by atoms with Crippen LogP contribution in [0.25, 0.3) is 22.3 Å². The SMILES string of the molecule is Cc1ccc(NC(=O)c2cccc(C(F)(F)F)c2)cc1Cc1nc(-c2ccc3c(c2)OCO3)c2[nH]ccc2n1. The van der Waals surface area contributed by atoms with E-state index in [2.05, 4.69) is 10.3 Å². The lowest BCUT2D eigenvalue weighted by Crippen LogP contribution is -2.14. The first-order valence-electron chi connectivity index (χ1n) is 12.1. The zero-order chi connectivity index (χ0) is 27.1. The van der Waals surface area contributed by atoms with E-state index in [-0.39, 0.29) is 12.4 Å². The maximum atomic E-state index is 13.1. The Morgan fingerprint density at radius 3 is 2.69 bits per heavy atom. The maximum absolute atomic E-state index is 13.1. The molecule has 3 aromatic carbocycles. The molecule has 2 aromatic heterocycles. The number of amides is 1. The van der Waals surface area contributed by atoms with Crippen molar-refractivity contribution in [3.05, 3.63) is 101 Å². The number of benzene rings is 3. The Balaban J connectivity index is 1.29. The smallest absolute Gasteiger partial charge is 0.416 e. The van der Waals surface area contributed by atoms with E-state index < -0.39 is 17.6 Å². The number of nitrogens with one attached hydrogen (secondary N) is 2. The van der Waals surface area contributed by atoms with E-state index in [1.807, 2.05) is 37.3 Å². The first-order chi connectivity index (χ1) is 18.7. The molecule has 3 heterocycles. The van der Waals surface area contributed by atoms with E-state index >= 15 is 0 Å². The van der Waals surface area contributed by atoms with Crippen molar-refractivity contribution in [2.75, 3.05) is 12.1 Å². The molecule has 0 fully saturated rings. The van der Waals surface area contributed by atoms with Crippen LogP contribution in [-0.4, -0.2) is 27.7 Å². The standard InChI is InChI=1S/C29H21F3N4O3/c1-16-5-7-21(34-28(37)18-3-2-4-20(11-18)29(30,31)32)12-19(16)14-25-35-22-9-10-33-27(22)26(36-25)17-6-8-23-24(13-17)39-15-38-23/h2-13,33H,14-15H2,1H3,(H,34,37). The van der Waals surface area contributed by atoms with Gasteiger partial charge in [0.15, 0.2) is 11.5 Å². The number of alkyl halides is 3. The molecule has 196 valence electrons. The van der Waals surface area contributed by atoms with E-state index in [1.54, 1.807) is 18.3 Å². The number of carbonyl (C=O) groups is 1. The summed E-state index contributed by atoms with van der Waals surface area (Å²) in [5.74, 6) is 1.26. The number of anilines is 1. The van der Waals surface area contributed by atoms with Crippen molar-refractivity contribution >= 4 is 22.6 Å². The summed E-state index contributed by atoms with van der Waals surface area (Å²) in [5, 5.41) is 2.70. The molecule has 1 amide bonds. The average molecular weight is 531 g/mol. The third-order valence-electron chi connectivity index (χ3n) is 6.51.